The first kappa shape index (κ1) is 21.0. The summed E-state index contributed by atoms with van der Waals surface area (Å²) in [5, 5.41) is 35.9. The van der Waals surface area contributed by atoms with Gasteiger partial charge >= 0.3 is 0 Å². The van der Waals surface area contributed by atoms with E-state index in [9.17, 15) is 15.8 Å². The zero-order valence-electron chi connectivity index (χ0n) is 16.7. The maximum Gasteiger partial charge on any atom is 0.207 e. The average molecular weight is 442 g/mol. The molecule has 8 nitrogen and oxygen atoms in total. The molecule has 4 rings (SSSR count). The molecule has 0 bridgehead atoms. The number of hydrogen-bond acceptors (Lipinski definition) is 8. The minimum Gasteiger partial charge on any atom is -0.437 e. The lowest BCUT2D eigenvalue weighted by Crippen LogP contribution is -2.53. The summed E-state index contributed by atoms with van der Waals surface area (Å²) in [6.45, 7) is 0. The van der Waals surface area contributed by atoms with E-state index in [2.05, 4.69) is 5.10 Å². The van der Waals surface area contributed by atoms with Crippen LogP contribution in [0, 0.1) is 34.0 Å². The molecule has 0 saturated carbocycles. The van der Waals surface area contributed by atoms with Gasteiger partial charge in [0.05, 0.1) is 23.7 Å². The van der Waals surface area contributed by atoms with Crippen molar-refractivity contribution >= 4 is 23.0 Å². The van der Waals surface area contributed by atoms with Crippen LogP contribution in [-0.4, -0.2) is 11.3 Å². The summed E-state index contributed by atoms with van der Waals surface area (Å²) in [6, 6.07) is 21.6. The van der Waals surface area contributed by atoms with Crippen molar-refractivity contribution in [1.82, 2.24) is 0 Å². The number of hydrazone groups is 1. The Hall–Kier alpha value is -4.29. The van der Waals surface area contributed by atoms with Crippen LogP contribution in [0.4, 0.5) is 5.69 Å². The third-order valence-corrected chi connectivity index (χ3v) is 5.60. The van der Waals surface area contributed by atoms with Crippen LogP contribution in [0.5, 0.6) is 0 Å². The van der Waals surface area contributed by atoms with Crippen LogP contribution in [0.2, 0.25) is 5.02 Å². The van der Waals surface area contributed by atoms with Crippen molar-refractivity contribution in [3.63, 3.8) is 0 Å². The van der Waals surface area contributed by atoms with Crippen molar-refractivity contribution in [2.75, 3.05) is 5.01 Å². The Labute approximate surface area is 189 Å². The number of hydrogen-bond donors (Lipinski definition) is 2. The maximum atomic E-state index is 9.83. The van der Waals surface area contributed by atoms with E-state index >= 15 is 0 Å². The van der Waals surface area contributed by atoms with Crippen LogP contribution in [0.3, 0.4) is 0 Å². The van der Waals surface area contributed by atoms with E-state index in [1.54, 1.807) is 29.3 Å². The Balaban J connectivity index is 2.04. The van der Waals surface area contributed by atoms with E-state index in [0.717, 1.165) is 5.56 Å². The van der Waals surface area contributed by atoms with Crippen molar-refractivity contribution in [2.45, 2.75) is 18.0 Å². The van der Waals surface area contributed by atoms with Gasteiger partial charge in [0.15, 0.2) is 5.76 Å². The van der Waals surface area contributed by atoms with Crippen LogP contribution in [0.25, 0.3) is 0 Å². The standard InChI is InChI=1S/C23H16ClN7O/c24-15-6-8-16(9-7-15)31-20(14-4-2-1-3-5-14)19-21(18(13-27)30-31)32-22(28)17(12-26)23(19,29)10-11-25/h1-9,20H,10,28-29H2. The van der Waals surface area contributed by atoms with E-state index < -0.39 is 11.6 Å². The third kappa shape index (κ3) is 3.23. The molecule has 0 aliphatic carbocycles. The molecular formula is C23H16ClN7O. The highest BCUT2D eigenvalue weighted by molar-refractivity contribution is 6.30. The van der Waals surface area contributed by atoms with E-state index in [-0.39, 0.29) is 29.3 Å². The number of ether oxygens (including phenoxy) is 1. The number of nitrogens with zero attached hydrogens (tertiary/aromatic N) is 5. The molecular weight excluding hydrogens is 426 g/mol. The zero-order chi connectivity index (χ0) is 22.9. The molecule has 32 heavy (non-hydrogen) atoms. The number of anilines is 1. The molecule has 0 saturated heterocycles. The Morgan fingerprint density at radius 2 is 1.75 bits per heavy atom. The van der Waals surface area contributed by atoms with Gasteiger partial charge in [0.25, 0.3) is 0 Å². The van der Waals surface area contributed by atoms with Gasteiger partial charge in [-0.1, -0.05) is 41.9 Å². The molecule has 2 aromatic rings. The monoisotopic (exact) mass is 441 g/mol. The topological polar surface area (TPSA) is 148 Å². The molecule has 0 amide bonds. The SMILES string of the molecule is N#CCC1(N)C(C#N)=C(N)OC2=C1C(c1ccccc1)N(c1ccc(Cl)cc1)N=C2C#N. The lowest BCUT2D eigenvalue weighted by Gasteiger charge is -2.44. The lowest BCUT2D eigenvalue weighted by molar-refractivity contribution is 0.275. The van der Waals surface area contributed by atoms with Gasteiger partial charge in [-0.15, -0.1) is 0 Å². The second kappa shape index (κ2) is 8.09. The van der Waals surface area contributed by atoms with Crippen LogP contribution in [-0.2, 0) is 4.74 Å². The van der Waals surface area contributed by atoms with Gasteiger partial charge < -0.3 is 16.2 Å². The van der Waals surface area contributed by atoms with Gasteiger partial charge in [-0.25, -0.2) is 0 Å². The summed E-state index contributed by atoms with van der Waals surface area (Å²) in [4.78, 5) is 0. The van der Waals surface area contributed by atoms with Crippen molar-refractivity contribution in [2.24, 2.45) is 16.6 Å². The summed E-state index contributed by atoms with van der Waals surface area (Å²) in [5.74, 6) is -0.195. The number of allylic oxidation sites excluding steroid dienone is 1. The quantitative estimate of drug-likeness (QED) is 0.741. The molecule has 0 fully saturated rings. The summed E-state index contributed by atoms with van der Waals surface area (Å²) in [5.41, 5.74) is 12.7. The van der Waals surface area contributed by atoms with Crippen molar-refractivity contribution in [3.8, 4) is 18.2 Å². The molecule has 0 aromatic heterocycles. The summed E-state index contributed by atoms with van der Waals surface area (Å²) >= 11 is 6.06. The summed E-state index contributed by atoms with van der Waals surface area (Å²) in [6.07, 6.45) is -0.255. The molecule has 2 unspecified atom stereocenters. The molecule has 9 heteroatoms. The predicted octanol–water partition coefficient (Wildman–Crippen LogP) is 3.37. The number of benzene rings is 2. The largest absolute Gasteiger partial charge is 0.437 e. The number of halogens is 1. The average Bonchev–Trinajstić information content (AvgIpc) is 2.79. The smallest absolute Gasteiger partial charge is 0.207 e. The van der Waals surface area contributed by atoms with Gasteiger partial charge in [0.2, 0.25) is 11.6 Å². The highest BCUT2D eigenvalue weighted by atomic mass is 35.5. The second-order valence-corrected chi connectivity index (χ2v) is 7.63. The highest BCUT2D eigenvalue weighted by Gasteiger charge is 2.51. The molecule has 0 radical (unpaired) electrons. The van der Waals surface area contributed by atoms with E-state index in [1.165, 1.54) is 0 Å². The number of nitrogens with two attached hydrogens (primary N) is 2. The molecule has 2 aromatic carbocycles. The van der Waals surface area contributed by atoms with Crippen LogP contribution in [0.15, 0.2) is 82.5 Å². The van der Waals surface area contributed by atoms with Gasteiger partial charge in [0.1, 0.15) is 23.8 Å². The summed E-state index contributed by atoms with van der Waals surface area (Å²) < 4.78 is 5.72. The molecule has 2 atom stereocenters. The Bertz CT molecular complexity index is 1290. The van der Waals surface area contributed by atoms with Gasteiger partial charge in [-0.2, -0.15) is 20.9 Å². The first-order valence-corrected chi connectivity index (χ1v) is 9.90. The van der Waals surface area contributed by atoms with Crippen molar-refractivity contribution in [3.05, 3.63) is 88.0 Å². The fourth-order valence-corrected chi connectivity index (χ4v) is 4.06. The van der Waals surface area contributed by atoms with E-state index in [4.69, 9.17) is 27.8 Å². The fraction of sp³-hybridized carbons (Fsp3) is 0.130. The Morgan fingerprint density at radius 3 is 2.34 bits per heavy atom. The molecule has 2 heterocycles. The maximum absolute atomic E-state index is 9.83. The number of nitriles is 3. The third-order valence-electron chi connectivity index (χ3n) is 5.35. The van der Waals surface area contributed by atoms with Gasteiger partial charge in [0, 0.05) is 10.6 Å². The second-order valence-electron chi connectivity index (χ2n) is 7.20. The number of rotatable bonds is 3. The molecule has 4 N–H and O–H groups in total. The van der Waals surface area contributed by atoms with Gasteiger partial charge in [-0.05, 0) is 29.8 Å². The van der Waals surface area contributed by atoms with E-state index in [0.29, 0.717) is 16.3 Å². The molecule has 156 valence electrons. The van der Waals surface area contributed by atoms with E-state index in [1.807, 2.05) is 48.5 Å². The minimum absolute atomic E-state index is 0.0563. The minimum atomic E-state index is -1.59. The molecule has 2 aliphatic heterocycles. The van der Waals surface area contributed by atoms with Crippen molar-refractivity contribution < 1.29 is 4.74 Å². The normalized spacial score (nSPS) is 22.2. The first-order chi connectivity index (χ1) is 15.4. The van der Waals surface area contributed by atoms with Gasteiger partial charge in [-0.3, -0.25) is 5.01 Å². The lowest BCUT2D eigenvalue weighted by atomic mass is 9.73. The van der Waals surface area contributed by atoms with Crippen LogP contribution in [0.1, 0.15) is 18.0 Å². The van der Waals surface area contributed by atoms with Crippen LogP contribution >= 0.6 is 11.6 Å². The molecule has 2 aliphatic rings. The predicted molar refractivity (Wildman–Crippen MR) is 118 cm³/mol. The Morgan fingerprint density at radius 1 is 1.06 bits per heavy atom. The zero-order valence-corrected chi connectivity index (χ0v) is 17.4. The first-order valence-electron chi connectivity index (χ1n) is 9.52. The Kier molecular flexibility index (Phi) is 5.30. The highest BCUT2D eigenvalue weighted by Crippen LogP contribution is 2.48. The molecule has 0 spiro atoms. The summed E-state index contributed by atoms with van der Waals surface area (Å²) in [7, 11) is 0. The van der Waals surface area contributed by atoms with Crippen LogP contribution < -0.4 is 16.5 Å². The van der Waals surface area contributed by atoms with Crippen molar-refractivity contribution in [1.29, 1.82) is 15.8 Å². The fourth-order valence-electron chi connectivity index (χ4n) is 3.93.